The number of esters is 1. The predicted molar refractivity (Wildman–Crippen MR) is 183 cm³/mol. The molecule has 3 aliphatic rings. The van der Waals surface area contributed by atoms with Gasteiger partial charge in [-0.15, -0.1) is 0 Å². The SMILES string of the molecule is COc1ccc(CCO[C@H]2O[C@H](CO)[C@H](OC(=O)C=Cc3ccc(O)c(OC)c3)[C@@H](O[C@H]3O[C@@H](C)[C@@H](O)[C@@H](O)[C@H]3O)[C@@H]2O[C@H]2OC[C@@H](O)[C@H](O)[C@H]2O)cc1O. The lowest BCUT2D eigenvalue weighted by Gasteiger charge is -2.49. The minimum Gasteiger partial charge on any atom is -0.504 e. The van der Waals surface area contributed by atoms with Gasteiger partial charge in [0.15, 0.2) is 48.0 Å². The molecule has 2 aromatic rings. The molecule has 2 aromatic carbocycles. The maximum Gasteiger partial charge on any atom is 0.331 e. The Morgan fingerprint density at radius 2 is 1.49 bits per heavy atom. The second-order valence-corrected chi connectivity index (χ2v) is 13.2. The first kappa shape index (κ1) is 42.5. The predicted octanol–water partition coefficient (Wildman–Crippen LogP) is -1.95. The van der Waals surface area contributed by atoms with Gasteiger partial charge in [0.25, 0.3) is 0 Å². The molecule has 0 spiro atoms. The number of phenols is 2. The number of phenolic OH excluding ortho intramolecular Hbond substituents is 2. The average molecular weight is 785 g/mol. The summed E-state index contributed by atoms with van der Waals surface area (Å²) >= 11 is 0. The molecule has 3 fully saturated rings. The summed E-state index contributed by atoms with van der Waals surface area (Å²) in [5.41, 5.74) is 1.05. The molecule has 0 bridgehead atoms. The lowest BCUT2D eigenvalue weighted by molar-refractivity contribution is -0.385. The Balaban J connectivity index is 1.47. The zero-order valence-electron chi connectivity index (χ0n) is 30.1. The monoisotopic (exact) mass is 784 g/mol. The van der Waals surface area contributed by atoms with Crippen molar-refractivity contribution >= 4 is 12.0 Å². The van der Waals surface area contributed by atoms with E-state index >= 15 is 0 Å². The van der Waals surface area contributed by atoms with E-state index in [0.717, 1.165) is 6.08 Å². The summed E-state index contributed by atoms with van der Waals surface area (Å²) in [6.45, 7) is 0.0251. The fourth-order valence-electron chi connectivity index (χ4n) is 6.26. The summed E-state index contributed by atoms with van der Waals surface area (Å²) in [7, 11) is 2.75. The van der Waals surface area contributed by atoms with Crippen LogP contribution >= 0.6 is 0 Å². The maximum atomic E-state index is 13.4. The standard InChI is InChI=1S/C36H48O19/c1-16-26(42)28(44)30(46)35(51-16)54-32-31(53-25(41)9-6-17-4-7-19(38)23(13-17)48-3)24(14-37)52-36(33(32)55-34-29(45)27(43)21(40)15-50-34)49-11-10-18-5-8-22(47-2)20(39)12-18/h4-9,12-13,16,21,24,26-40,42-46H,10-11,14-15H2,1-3H3/t16-,21+,24+,26+,27-,28+,29+,30+,31-,32+,33-,34+,35+,36-/m0/s1. The number of aromatic hydroxyl groups is 2. The minimum atomic E-state index is -1.86. The molecule has 19 heteroatoms. The molecule has 55 heavy (non-hydrogen) atoms. The van der Waals surface area contributed by atoms with Crippen molar-refractivity contribution < 1.29 is 93.4 Å². The van der Waals surface area contributed by atoms with E-state index in [2.05, 4.69) is 0 Å². The van der Waals surface area contributed by atoms with E-state index < -0.39 is 105 Å². The average Bonchev–Trinajstić information content (AvgIpc) is 3.17. The van der Waals surface area contributed by atoms with Crippen molar-refractivity contribution in [1.82, 2.24) is 0 Å². The van der Waals surface area contributed by atoms with Crippen LogP contribution in [0.2, 0.25) is 0 Å². The molecule has 3 aliphatic heterocycles. The van der Waals surface area contributed by atoms with Gasteiger partial charge < -0.3 is 88.6 Å². The topological polar surface area (TPSA) is 282 Å². The van der Waals surface area contributed by atoms with Crippen LogP contribution in [0, 0.1) is 0 Å². The van der Waals surface area contributed by atoms with E-state index in [1.54, 1.807) is 12.1 Å². The Bertz CT molecular complexity index is 1590. The number of methoxy groups -OCH3 is 2. The third-order valence-electron chi connectivity index (χ3n) is 9.40. The van der Waals surface area contributed by atoms with Gasteiger partial charge in [-0.05, 0) is 54.8 Å². The van der Waals surface area contributed by atoms with Crippen molar-refractivity contribution in [1.29, 1.82) is 0 Å². The van der Waals surface area contributed by atoms with Crippen LogP contribution in [-0.2, 0) is 44.4 Å². The van der Waals surface area contributed by atoms with Crippen LogP contribution in [0.4, 0.5) is 0 Å². The van der Waals surface area contributed by atoms with Crippen molar-refractivity contribution in [3.63, 3.8) is 0 Å². The fraction of sp³-hybridized carbons (Fsp3) is 0.583. The number of rotatable bonds is 14. The van der Waals surface area contributed by atoms with Gasteiger partial charge in [-0.2, -0.15) is 0 Å². The molecule has 9 N–H and O–H groups in total. The third kappa shape index (κ3) is 10.0. The summed E-state index contributed by atoms with van der Waals surface area (Å²) in [5.74, 6) is -0.867. The molecule has 0 radical (unpaired) electrons. The molecule has 3 heterocycles. The first-order valence-electron chi connectivity index (χ1n) is 17.4. The Labute approximate surface area is 315 Å². The number of aliphatic hydroxyl groups excluding tert-OH is 7. The van der Waals surface area contributed by atoms with Gasteiger partial charge in [0.1, 0.15) is 54.9 Å². The van der Waals surface area contributed by atoms with E-state index in [-0.39, 0.29) is 36.0 Å². The van der Waals surface area contributed by atoms with Crippen LogP contribution in [0.25, 0.3) is 6.08 Å². The lowest BCUT2D eigenvalue weighted by Crippen LogP contribution is -2.67. The number of aliphatic hydroxyl groups is 7. The zero-order valence-corrected chi connectivity index (χ0v) is 30.1. The summed E-state index contributed by atoms with van der Waals surface area (Å²) in [6, 6.07) is 8.99. The number of hydrogen-bond donors (Lipinski definition) is 9. The molecule has 19 nitrogen and oxygen atoms in total. The van der Waals surface area contributed by atoms with Crippen molar-refractivity contribution in [3.8, 4) is 23.0 Å². The van der Waals surface area contributed by atoms with Crippen LogP contribution in [0.15, 0.2) is 42.5 Å². The van der Waals surface area contributed by atoms with E-state index in [9.17, 15) is 50.8 Å². The first-order chi connectivity index (χ1) is 26.3. The summed E-state index contributed by atoms with van der Waals surface area (Å²) < 4.78 is 51.6. The Morgan fingerprint density at radius 3 is 2.18 bits per heavy atom. The van der Waals surface area contributed by atoms with Crippen LogP contribution in [0.5, 0.6) is 23.0 Å². The van der Waals surface area contributed by atoms with Crippen molar-refractivity contribution in [3.05, 3.63) is 53.6 Å². The van der Waals surface area contributed by atoms with Crippen LogP contribution < -0.4 is 9.47 Å². The largest absolute Gasteiger partial charge is 0.504 e. The summed E-state index contributed by atoms with van der Waals surface area (Å²) in [5, 5.41) is 93.8. The summed E-state index contributed by atoms with van der Waals surface area (Å²) in [6.07, 6.45) is -19.8. The molecule has 0 unspecified atom stereocenters. The number of ether oxygens (including phenoxy) is 9. The Morgan fingerprint density at radius 1 is 0.782 bits per heavy atom. The van der Waals surface area contributed by atoms with E-state index in [0.29, 0.717) is 11.1 Å². The molecular formula is C36H48O19. The van der Waals surface area contributed by atoms with Gasteiger partial charge in [0.05, 0.1) is 40.1 Å². The van der Waals surface area contributed by atoms with Crippen molar-refractivity contribution in [2.75, 3.05) is 34.0 Å². The Hall–Kier alpha value is -3.67. The smallest absolute Gasteiger partial charge is 0.331 e. The normalized spacial score (nSPS) is 35.4. The molecule has 306 valence electrons. The highest BCUT2D eigenvalue weighted by Crippen LogP contribution is 2.35. The second kappa shape index (κ2) is 19.0. The van der Waals surface area contributed by atoms with Crippen LogP contribution in [-0.4, -0.2) is 172 Å². The van der Waals surface area contributed by atoms with Gasteiger partial charge in [0.2, 0.25) is 0 Å². The van der Waals surface area contributed by atoms with E-state index in [1.807, 2.05) is 0 Å². The second-order valence-electron chi connectivity index (χ2n) is 13.2. The van der Waals surface area contributed by atoms with E-state index in [1.165, 1.54) is 51.5 Å². The van der Waals surface area contributed by atoms with E-state index in [4.69, 9.17) is 42.6 Å². The fourth-order valence-corrected chi connectivity index (χ4v) is 6.26. The molecule has 0 amide bonds. The number of benzene rings is 2. The molecule has 0 aromatic heterocycles. The summed E-state index contributed by atoms with van der Waals surface area (Å²) in [4.78, 5) is 13.4. The molecule has 3 saturated heterocycles. The van der Waals surface area contributed by atoms with Gasteiger partial charge >= 0.3 is 5.97 Å². The van der Waals surface area contributed by atoms with Gasteiger partial charge in [-0.25, -0.2) is 4.79 Å². The zero-order chi connectivity index (χ0) is 40.0. The molecule has 0 saturated carbocycles. The molecule has 0 aliphatic carbocycles. The molecular weight excluding hydrogens is 736 g/mol. The molecule has 5 rings (SSSR count). The Kier molecular flexibility index (Phi) is 14.7. The highest BCUT2D eigenvalue weighted by atomic mass is 16.8. The highest BCUT2D eigenvalue weighted by molar-refractivity contribution is 5.87. The van der Waals surface area contributed by atoms with Gasteiger partial charge in [0, 0.05) is 6.08 Å². The number of hydrogen-bond acceptors (Lipinski definition) is 19. The highest BCUT2D eigenvalue weighted by Gasteiger charge is 2.55. The first-order valence-corrected chi connectivity index (χ1v) is 17.4. The van der Waals surface area contributed by atoms with Crippen LogP contribution in [0.3, 0.4) is 0 Å². The number of carbonyl (C=O) groups is 1. The number of carbonyl (C=O) groups excluding carboxylic acids is 1. The minimum absolute atomic E-state index is 0.121. The molecule has 14 atom stereocenters. The van der Waals surface area contributed by atoms with Crippen molar-refractivity contribution in [2.45, 2.75) is 99.4 Å². The van der Waals surface area contributed by atoms with Crippen LogP contribution in [0.1, 0.15) is 18.1 Å². The lowest BCUT2D eigenvalue weighted by atomic mass is 9.96. The van der Waals surface area contributed by atoms with Gasteiger partial charge in [-0.3, -0.25) is 0 Å². The maximum absolute atomic E-state index is 13.4. The third-order valence-corrected chi connectivity index (χ3v) is 9.40. The quantitative estimate of drug-likeness (QED) is 0.0744. The van der Waals surface area contributed by atoms with Crippen molar-refractivity contribution in [2.24, 2.45) is 0 Å². The van der Waals surface area contributed by atoms with Gasteiger partial charge in [-0.1, -0.05) is 12.1 Å².